The molecule has 0 spiro atoms. The summed E-state index contributed by atoms with van der Waals surface area (Å²) in [5.74, 6) is 4.86. The van der Waals surface area contributed by atoms with E-state index in [4.69, 9.17) is 5.84 Å². The van der Waals surface area contributed by atoms with Gasteiger partial charge in [-0.1, -0.05) is 0 Å². The van der Waals surface area contributed by atoms with E-state index in [0.717, 1.165) is 0 Å². The Morgan fingerprint density at radius 3 is 2.91 bits per heavy atom. The van der Waals surface area contributed by atoms with Crippen molar-refractivity contribution in [1.82, 2.24) is 9.97 Å². The molecule has 0 aliphatic rings. The van der Waals surface area contributed by atoms with Gasteiger partial charge < -0.3 is 10.8 Å². The maximum Gasteiger partial charge on any atom is 0.252 e. The van der Waals surface area contributed by atoms with Gasteiger partial charge in [0.05, 0.1) is 11.9 Å². The van der Waals surface area contributed by atoms with E-state index >= 15 is 0 Å². The molecule has 0 unspecified atom stereocenters. The smallest absolute Gasteiger partial charge is 0.252 e. The molecule has 0 fully saturated rings. The molecular formula is C5H6N4OS. The van der Waals surface area contributed by atoms with Gasteiger partial charge in [0.2, 0.25) is 0 Å². The average molecular weight is 170 g/mol. The summed E-state index contributed by atoms with van der Waals surface area (Å²) in [5.41, 5.74) is 0.213. The topological polar surface area (TPSA) is 87.0 Å². The van der Waals surface area contributed by atoms with Gasteiger partial charge in [0.1, 0.15) is 0 Å². The summed E-state index contributed by atoms with van der Waals surface area (Å²) >= 11 is 4.69. The SMILES string of the molecule is N/N=C/c1cc(=O)[nH]c(=S)[nH]1. The summed E-state index contributed by atoms with van der Waals surface area (Å²) < 4.78 is 0.257. The van der Waals surface area contributed by atoms with Crippen molar-refractivity contribution in [2.24, 2.45) is 10.9 Å². The summed E-state index contributed by atoms with van der Waals surface area (Å²) in [5, 5.41) is 3.23. The Bertz CT molecular complexity index is 348. The molecule has 1 aromatic rings. The molecule has 0 amide bonds. The molecule has 1 aromatic heterocycles. The minimum Gasteiger partial charge on any atom is -0.331 e. The maximum atomic E-state index is 10.7. The molecule has 1 rings (SSSR count). The van der Waals surface area contributed by atoms with Crippen molar-refractivity contribution in [1.29, 1.82) is 0 Å². The van der Waals surface area contributed by atoms with Gasteiger partial charge in [-0.2, -0.15) is 5.10 Å². The van der Waals surface area contributed by atoms with Gasteiger partial charge in [-0.05, 0) is 12.2 Å². The number of aromatic nitrogens is 2. The van der Waals surface area contributed by atoms with Crippen molar-refractivity contribution in [2.45, 2.75) is 0 Å². The Hall–Kier alpha value is -1.43. The predicted octanol–water partition coefficient (Wildman–Crippen LogP) is -0.275. The van der Waals surface area contributed by atoms with E-state index < -0.39 is 0 Å². The number of aromatic amines is 2. The van der Waals surface area contributed by atoms with Crippen LogP contribution in [0.5, 0.6) is 0 Å². The summed E-state index contributed by atoms with van der Waals surface area (Å²) in [6, 6.07) is 1.31. The van der Waals surface area contributed by atoms with Crippen LogP contribution in [0.15, 0.2) is 16.0 Å². The van der Waals surface area contributed by atoms with Crippen LogP contribution in [0.3, 0.4) is 0 Å². The number of H-pyrrole nitrogens is 2. The highest BCUT2D eigenvalue weighted by atomic mass is 32.1. The van der Waals surface area contributed by atoms with Crippen LogP contribution in [0.25, 0.3) is 0 Å². The molecule has 5 nitrogen and oxygen atoms in total. The van der Waals surface area contributed by atoms with Crippen molar-refractivity contribution in [3.05, 3.63) is 26.9 Å². The summed E-state index contributed by atoms with van der Waals surface area (Å²) in [4.78, 5) is 15.8. The summed E-state index contributed by atoms with van der Waals surface area (Å²) in [7, 11) is 0. The zero-order chi connectivity index (χ0) is 8.27. The van der Waals surface area contributed by atoms with Crippen molar-refractivity contribution in [3.8, 4) is 0 Å². The second-order valence-electron chi connectivity index (χ2n) is 1.82. The Balaban J connectivity index is 3.30. The lowest BCUT2D eigenvalue weighted by atomic mass is 10.4. The first kappa shape index (κ1) is 7.67. The minimum atomic E-state index is -0.274. The third-order valence-electron chi connectivity index (χ3n) is 0.995. The molecule has 0 aromatic carbocycles. The fourth-order valence-electron chi connectivity index (χ4n) is 0.637. The van der Waals surface area contributed by atoms with Gasteiger partial charge in [0.25, 0.3) is 5.56 Å². The monoisotopic (exact) mass is 170 g/mol. The number of rotatable bonds is 1. The number of hydrazone groups is 1. The third kappa shape index (κ3) is 2.01. The van der Waals surface area contributed by atoms with Crippen LogP contribution in [-0.2, 0) is 0 Å². The molecule has 0 aliphatic heterocycles. The normalized spacial score (nSPS) is 10.5. The molecule has 11 heavy (non-hydrogen) atoms. The van der Waals surface area contributed by atoms with Gasteiger partial charge in [-0.15, -0.1) is 0 Å². The molecule has 4 N–H and O–H groups in total. The molecule has 0 atom stereocenters. The van der Waals surface area contributed by atoms with Crippen molar-refractivity contribution in [3.63, 3.8) is 0 Å². The molecule has 0 bridgehead atoms. The lowest BCUT2D eigenvalue weighted by molar-refractivity contribution is 1.08. The third-order valence-corrected chi connectivity index (χ3v) is 1.20. The van der Waals surface area contributed by atoms with Gasteiger partial charge in [0.15, 0.2) is 4.77 Å². The predicted molar refractivity (Wildman–Crippen MR) is 44.0 cm³/mol. The van der Waals surface area contributed by atoms with Crippen LogP contribution in [0, 0.1) is 4.77 Å². The zero-order valence-electron chi connectivity index (χ0n) is 5.50. The lowest BCUT2D eigenvalue weighted by Crippen LogP contribution is -2.08. The summed E-state index contributed by atoms with van der Waals surface area (Å²) in [6.45, 7) is 0. The maximum absolute atomic E-state index is 10.7. The van der Waals surface area contributed by atoms with Gasteiger partial charge >= 0.3 is 0 Å². The van der Waals surface area contributed by atoms with Crippen molar-refractivity contribution < 1.29 is 0 Å². The van der Waals surface area contributed by atoms with E-state index in [-0.39, 0.29) is 10.3 Å². The first-order valence-corrected chi connectivity index (χ1v) is 3.20. The Morgan fingerprint density at radius 2 is 2.36 bits per heavy atom. The average Bonchev–Trinajstić information content (AvgIpc) is 1.85. The summed E-state index contributed by atoms with van der Waals surface area (Å²) in [6.07, 6.45) is 1.31. The van der Waals surface area contributed by atoms with Crippen LogP contribution in [-0.4, -0.2) is 16.2 Å². The molecule has 0 saturated carbocycles. The second-order valence-corrected chi connectivity index (χ2v) is 2.23. The molecule has 0 radical (unpaired) electrons. The van der Waals surface area contributed by atoms with Crippen molar-refractivity contribution >= 4 is 18.4 Å². The number of nitrogens with zero attached hydrogens (tertiary/aromatic N) is 1. The van der Waals surface area contributed by atoms with Crippen LogP contribution in [0.4, 0.5) is 0 Å². The number of nitrogens with two attached hydrogens (primary N) is 1. The number of hydrogen-bond donors (Lipinski definition) is 3. The van der Waals surface area contributed by atoms with Gasteiger partial charge in [-0.25, -0.2) is 0 Å². The highest BCUT2D eigenvalue weighted by Crippen LogP contribution is 1.81. The van der Waals surface area contributed by atoms with Crippen LogP contribution < -0.4 is 11.4 Å². The standard InChI is InChI=1S/C5H6N4OS/c6-7-2-3-1-4(10)9-5(11)8-3/h1-2H,6H2,(H2,8,9,10,11)/b7-2+. The van der Waals surface area contributed by atoms with E-state index in [0.29, 0.717) is 5.69 Å². The van der Waals surface area contributed by atoms with Crippen LogP contribution in [0.1, 0.15) is 5.69 Å². The molecule has 0 aliphatic carbocycles. The van der Waals surface area contributed by atoms with Crippen LogP contribution in [0.2, 0.25) is 0 Å². The van der Waals surface area contributed by atoms with E-state index in [1.165, 1.54) is 12.3 Å². The molecule has 58 valence electrons. The van der Waals surface area contributed by atoms with Crippen molar-refractivity contribution in [2.75, 3.05) is 0 Å². The van der Waals surface area contributed by atoms with E-state index in [9.17, 15) is 4.79 Å². The molecular weight excluding hydrogens is 164 g/mol. The molecule has 0 saturated heterocycles. The quantitative estimate of drug-likeness (QED) is 0.234. The number of nitrogens with one attached hydrogen (secondary N) is 2. The first-order valence-electron chi connectivity index (χ1n) is 2.79. The lowest BCUT2D eigenvalue weighted by Gasteiger charge is -1.89. The molecule has 1 heterocycles. The number of hydrogen-bond acceptors (Lipinski definition) is 4. The Labute approximate surface area is 67.0 Å². The highest BCUT2D eigenvalue weighted by Gasteiger charge is 1.88. The largest absolute Gasteiger partial charge is 0.331 e. The van der Waals surface area contributed by atoms with E-state index in [1.807, 2.05) is 0 Å². The second kappa shape index (κ2) is 3.11. The fraction of sp³-hybridized carbons (Fsp3) is 0. The van der Waals surface area contributed by atoms with E-state index in [1.54, 1.807) is 0 Å². The minimum absolute atomic E-state index is 0.257. The molecule has 6 heteroatoms. The van der Waals surface area contributed by atoms with Gasteiger partial charge in [0, 0.05) is 6.07 Å². The highest BCUT2D eigenvalue weighted by molar-refractivity contribution is 7.71. The van der Waals surface area contributed by atoms with E-state index in [2.05, 4.69) is 27.3 Å². The van der Waals surface area contributed by atoms with Crippen LogP contribution >= 0.6 is 12.2 Å². The zero-order valence-corrected chi connectivity index (χ0v) is 6.31. The Morgan fingerprint density at radius 1 is 1.64 bits per heavy atom. The van der Waals surface area contributed by atoms with Gasteiger partial charge in [-0.3, -0.25) is 9.78 Å². The Kier molecular flexibility index (Phi) is 2.17. The first-order chi connectivity index (χ1) is 5.22. The fourth-order valence-corrected chi connectivity index (χ4v) is 0.856.